The summed E-state index contributed by atoms with van der Waals surface area (Å²) in [5, 5.41) is 3.65. The van der Waals surface area contributed by atoms with Gasteiger partial charge in [-0.25, -0.2) is 0 Å². The molecule has 0 saturated heterocycles. The largest absolute Gasteiger partial charge is 0.143 e. The van der Waals surface area contributed by atoms with Crippen LogP contribution in [0.4, 0.5) is 0 Å². The van der Waals surface area contributed by atoms with Gasteiger partial charge in [0, 0.05) is 20.5 Å². The first-order valence-corrected chi connectivity index (χ1v) is 16.2. The van der Waals surface area contributed by atoms with Gasteiger partial charge in [0.1, 0.15) is 0 Å². The minimum Gasteiger partial charge on any atom is -0.143 e. The van der Waals surface area contributed by atoms with Crippen molar-refractivity contribution in [3.05, 3.63) is 144 Å². The molecule has 6 aromatic rings. The molecule has 0 fully saturated rings. The van der Waals surface area contributed by atoms with Crippen LogP contribution in [0, 0.1) is 0 Å². The predicted octanol–water partition coefficient (Wildman–Crippen LogP) is 12.0. The van der Waals surface area contributed by atoms with Crippen molar-refractivity contribution >= 4 is 38.8 Å². The molecule has 0 bridgehead atoms. The molecular formula is C39H30S2. The smallest absolute Gasteiger partial charge is 0.0349 e. The van der Waals surface area contributed by atoms with Crippen LogP contribution in [0.25, 0.3) is 60.2 Å². The Bertz CT molecular complexity index is 1920. The van der Waals surface area contributed by atoms with E-state index in [9.17, 15) is 0 Å². The quantitative estimate of drug-likeness (QED) is 0.182. The molecule has 7 rings (SSSR count). The zero-order valence-corrected chi connectivity index (χ0v) is 24.6. The summed E-state index contributed by atoms with van der Waals surface area (Å²) in [5.74, 6) is 0. The Morgan fingerprint density at radius 2 is 1.22 bits per heavy atom. The lowest BCUT2D eigenvalue weighted by atomic mass is 9.94. The Morgan fingerprint density at radius 1 is 0.561 bits per heavy atom. The third-order valence-corrected chi connectivity index (χ3v) is 9.65. The van der Waals surface area contributed by atoms with E-state index in [0.717, 1.165) is 12.8 Å². The van der Waals surface area contributed by atoms with Crippen LogP contribution >= 0.6 is 23.1 Å². The van der Waals surface area contributed by atoms with Gasteiger partial charge in [0.25, 0.3) is 0 Å². The third kappa shape index (κ3) is 5.22. The van der Waals surface area contributed by atoms with Gasteiger partial charge >= 0.3 is 0 Å². The minimum atomic E-state index is 1.12. The standard InChI is InChI=1S/C39H30S2/c1-40-38-20-18-33(31-16-8-14-29(22-31)27-10-4-2-5-11-27)24-35(38)37-26-41-39-21-19-34(25-36(37)39)32-17-9-15-30(23-32)28-12-6-3-7-13-28/h2,4-6,8-26H,3,7H2,1H3. The Balaban J connectivity index is 1.30. The summed E-state index contributed by atoms with van der Waals surface area (Å²) >= 11 is 3.65. The summed E-state index contributed by atoms with van der Waals surface area (Å²) in [6.45, 7) is 0. The van der Waals surface area contributed by atoms with Crippen molar-refractivity contribution in [2.45, 2.75) is 17.7 Å². The summed E-state index contributed by atoms with van der Waals surface area (Å²) in [5.41, 5.74) is 12.7. The fourth-order valence-electron chi connectivity index (χ4n) is 5.73. The highest BCUT2D eigenvalue weighted by molar-refractivity contribution is 7.98. The molecule has 41 heavy (non-hydrogen) atoms. The van der Waals surface area contributed by atoms with Crippen LogP contribution in [-0.4, -0.2) is 6.26 Å². The molecule has 0 saturated carbocycles. The van der Waals surface area contributed by atoms with Crippen LogP contribution < -0.4 is 0 Å². The Morgan fingerprint density at radius 3 is 1.98 bits per heavy atom. The van der Waals surface area contributed by atoms with Crippen molar-refractivity contribution in [2.75, 3.05) is 6.26 Å². The van der Waals surface area contributed by atoms with Gasteiger partial charge < -0.3 is 0 Å². The number of fused-ring (bicyclic) bond motifs is 1. The minimum absolute atomic E-state index is 1.12. The van der Waals surface area contributed by atoms with Gasteiger partial charge in [-0.1, -0.05) is 97.1 Å². The molecule has 0 aliphatic heterocycles. The van der Waals surface area contributed by atoms with Gasteiger partial charge in [0.05, 0.1) is 0 Å². The molecule has 0 N–H and O–H groups in total. The molecular weight excluding hydrogens is 533 g/mol. The normalized spacial score (nSPS) is 13.0. The molecule has 0 amide bonds. The third-order valence-electron chi connectivity index (χ3n) is 7.89. The monoisotopic (exact) mass is 562 g/mol. The average molecular weight is 563 g/mol. The van der Waals surface area contributed by atoms with E-state index in [2.05, 4.69) is 145 Å². The van der Waals surface area contributed by atoms with E-state index in [1.165, 1.54) is 70.6 Å². The van der Waals surface area contributed by atoms with Crippen molar-refractivity contribution in [1.29, 1.82) is 0 Å². The summed E-state index contributed by atoms with van der Waals surface area (Å²) in [6, 6.07) is 42.4. The van der Waals surface area contributed by atoms with E-state index >= 15 is 0 Å². The maximum absolute atomic E-state index is 2.39. The molecule has 1 aliphatic carbocycles. The van der Waals surface area contributed by atoms with Gasteiger partial charge in [-0.3, -0.25) is 0 Å². The number of rotatable bonds is 6. The van der Waals surface area contributed by atoms with E-state index in [1.807, 2.05) is 23.1 Å². The molecule has 198 valence electrons. The fourth-order valence-corrected chi connectivity index (χ4v) is 7.26. The molecule has 0 unspecified atom stereocenters. The van der Waals surface area contributed by atoms with E-state index in [1.54, 1.807) is 0 Å². The molecule has 2 heteroatoms. The fraction of sp³-hybridized carbons (Fsp3) is 0.0769. The highest BCUT2D eigenvalue weighted by Gasteiger charge is 2.14. The first kappa shape index (κ1) is 25.8. The number of hydrogen-bond acceptors (Lipinski definition) is 2. The van der Waals surface area contributed by atoms with Crippen LogP contribution in [0.2, 0.25) is 0 Å². The molecule has 0 nitrogen and oxygen atoms in total. The van der Waals surface area contributed by atoms with Gasteiger partial charge in [0.2, 0.25) is 0 Å². The van der Waals surface area contributed by atoms with Gasteiger partial charge in [-0.2, -0.15) is 0 Å². The van der Waals surface area contributed by atoms with Crippen LogP contribution in [0.5, 0.6) is 0 Å². The van der Waals surface area contributed by atoms with Crippen molar-refractivity contribution in [2.24, 2.45) is 0 Å². The van der Waals surface area contributed by atoms with Crippen molar-refractivity contribution in [3.63, 3.8) is 0 Å². The molecule has 1 aliphatic rings. The molecule has 1 heterocycles. The lowest BCUT2D eigenvalue weighted by Gasteiger charge is -2.12. The number of thiophene rings is 1. The second-order valence-corrected chi connectivity index (χ2v) is 12.2. The van der Waals surface area contributed by atoms with Gasteiger partial charge in [-0.15, -0.1) is 23.1 Å². The molecule has 0 atom stereocenters. The molecule has 1 aromatic heterocycles. The van der Waals surface area contributed by atoms with Gasteiger partial charge in [0.15, 0.2) is 0 Å². The van der Waals surface area contributed by atoms with Crippen LogP contribution in [-0.2, 0) is 0 Å². The number of benzene rings is 5. The average Bonchev–Trinajstić information content (AvgIpc) is 3.49. The second-order valence-electron chi connectivity index (χ2n) is 10.4. The second kappa shape index (κ2) is 11.4. The lowest BCUT2D eigenvalue weighted by molar-refractivity contribution is 1.04. The SMILES string of the molecule is CSc1ccc(-c2cccc(-c3ccccc3)c2)cc1-c1csc2ccc(-c3cccc(C4=CCCC=C4)c3)cc12. The summed E-state index contributed by atoms with van der Waals surface area (Å²) < 4.78 is 1.32. The van der Waals surface area contributed by atoms with E-state index in [4.69, 9.17) is 0 Å². The van der Waals surface area contributed by atoms with Crippen LogP contribution in [0.15, 0.2) is 144 Å². The zero-order valence-electron chi connectivity index (χ0n) is 23.0. The first-order valence-electron chi connectivity index (χ1n) is 14.1. The first-order chi connectivity index (χ1) is 20.3. The van der Waals surface area contributed by atoms with Crippen LogP contribution in [0.3, 0.4) is 0 Å². The highest BCUT2D eigenvalue weighted by atomic mass is 32.2. The number of allylic oxidation sites excluding steroid dienone is 4. The van der Waals surface area contributed by atoms with Gasteiger partial charge in [-0.05, 0) is 111 Å². The maximum Gasteiger partial charge on any atom is 0.0349 e. The zero-order chi connectivity index (χ0) is 27.6. The predicted molar refractivity (Wildman–Crippen MR) is 182 cm³/mol. The van der Waals surface area contributed by atoms with E-state index in [0.29, 0.717) is 0 Å². The van der Waals surface area contributed by atoms with Crippen molar-refractivity contribution < 1.29 is 0 Å². The summed E-state index contributed by atoms with van der Waals surface area (Å²) in [6.07, 6.45) is 11.3. The van der Waals surface area contributed by atoms with Crippen molar-refractivity contribution in [3.8, 4) is 44.5 Å². The lowest BCUT2D eigenvalue weighted by Crippen LogP contribution is -1.88. The van der Waals surface area contributed by atoms with E-state index < -0.39 is 0 Å². The highest BCUT2D eigenvalue weighted by Crippen LogP contribution is 2.42. The van der Waals surface area contributed by atoms with Crippen molar-refractivity contribution in [1.82, 2.24) is 0 Å². The summed E-state index contributed by atoms with van der Waals surface area (Å²) in [4.78, 5) is 1.30. The Labute approximate surface area is 250 Å². The Kier molecular flexibility index (Phi) is 7.19. The van der Waals surface area contributed by atoms with E-state index in [-0.39, 0.29) is 0 Å². The number of hydrogen-bond donors (Lipinski definition) is 0. The number of thioether (sulfide) groups is 1. The maximum atomic E-state index is 2.39. The molecule has 0 spiro atoms. The molecule has 5 aromatic carbocycles. The topological polar surface area (TPSA) is 0 Å². The summed E-state index contributed by atoms with van der Waals surface area (Å²) in [7, 11) is 0. The van der Waals surface area contributed by atoms with Crippen LogP contribution in [0.1, 0.15) is 18.4 Å². The Hall–Kier alpha value is -4.11. The molecule has 0 radical (unpaired) electrons.